The monoisotopic (exact) mass is 1630 g/mol. The van der Waals surface area contributed by atoms with Gasteiger partial charge in [0.2, 0.25) is 0 Å². The van der Waals surface area contributed by atoms with E-state index in [2.05, 4.69) is 114 Å². The Kier molecular flexibility index (Phi) is 21.9. The van der Waals surface area contributed by atoms with Crippen LogP contribution < -0.4 is 41.8 Å². The van der Waals surface area contributed by atoms with Crippen LogP contribution in [0.4, 0.5) is 40.3 Å². The highest BCUT2D eigenvalue weighted by atomic mass is 19.1. The molecule has 616 valence electrons. The van der Waals surface area contributed by atoms with E-state index in [0.717, 1.165) is 140 Å². The van der Waals surface area contributed by atoms with Crippen LogP contribution in [0.2, 0.25) is 0 Å². The van der Waals surface area contributed by atoms with Crippen LogP contribution in [0, 0.1) is 51.0 Å². The number of anilines is 4. The lowest BCUT2D eigenvalue weighted by Gasteiger charge is -2.39. The number of likely N-dealkylation sites (N-methyl/N-ethyl adjacent to an activating group) is 3. The number of piperazine rings is 4. The fourth-order valence-corrected chi connectivity index (χ4v) is 15.9. The summed E-state index contributed by atoms with van der Waals surface area (Å²) in [5, 5.41) is 0. The van der Waals surface area contributed by atoms with E-state index in [1.54, 1.807) is 60.8 Å². The van der Waals surface area contributed by atoms with E-state index in [0.29, 0.717) is 120 Å². The van der Waals surface area contributed by atoms with E-state index >= 15 is 0 Å². The van der Waals surface area contributed by atoms with Gasteiger partial charge in [0.25, 0.3) is 22.2 Å². The minimum atomic E-state index is -0.499. The van der Waals surface area contributed by atoms with Gasteiger partial charge in [0.05, 0.1) is 45.5 Å². The lowest BCUT2D eigenvalue weighted by molar-refractivity contribution is 0.234. The molecule has 0 saturated carbocycles. The number of fused-ring (bicyclic) bond motifs is 8. The fourth-order valence-electron chi connectivity index (χ4n) is 15.9. The predicted molar refractivity (Wildman–Crippen MR) is 454 cm³/mol. The van der Waals surface area contributed by atoms with Crippen LogP contribution in [0.3, 0.4) is 0 Å². The lowest BCUT2D eigenvalue weighted by atomic mass is 10.1. The molecule has 0 unspecified atom stereocenters. The number of hydrogen-bond acceptors (Lipinski definition) is 24. The van der Waals surface area contributed by atoms with Crippen molar-refractivity contribution >= 4 is 89.7 Å². The van der Waals surface area contributed by atoms with E-state index in [-0.39, 0.29) is 44.3 Å². The maximum atomic E-state index is 14.5. The van der Waals surface area contributed by atoms with Gasteiger partial charge in [-0.1, -0.05) is 13.8 Å². The summed E-state index contributed by atoms with van der Waals surface area (Å²) in [6.07, 6.45) is 8.48. The first-order valence-electron chi connectivity index (χ1n) is 40.2. The second-order valence-corrected chi connectivity index (χ2v) is 30.8. The topological polar surface area (TPSA) is 268 Å². The highest BCUT2D eigenvalue weighted by Crippen LogP contribution is 2.33. The van der Waals surface area contributed by atoms with Crippen LogP contribution in [0.5, 0.6) is 0 Å². The number of benzene rings is 4. The summed E-state index contributed by atoms with van der Waals surface area (Å²) in [5.74, 6) is -0.438. The zero-order valence-corrected chi connectivity index (χ0v) is 67.9. The van der Waals surface area contributed by atoms with Crippen molar-refractivity contribution in [3.8, 4) is 45.0 Å². The van der Waals surface area contributed by atoms with E-state index < -0.39 is 23.3 Å². The normalized spacial score (nSPS) is 16.0. The Morgan fingerprint density at radius 3 is 0.925 bits per heavy atom. The van der Waals surface area contributed by atoms with Crippen molar-refractivity contribution in [2.75, 3.05) is 145 Å². The number of hydrogen-bond donors (Lipinski definition) is 0. The van der Waals surface area contributed by atoms with Gasteiger partial charge in [-0.15, -0.1) is 0 Å². The van der Waals surface area contributed by atoms with E-state index in [1.807, 2.05) is 73.3 Å². The minimum Gasteiger partial charge on any atom is -0.441 e. The van der Waals surface area contributed by atoms with Crippen molar-refractivity contribution in [3.05, 3.63) is 234 Å². The van der Waals surface area contributed by atoms with Crippen molar-refractivity contribution in [2.45, 2.75) is 60.9 Å². The maximum absolute atomic E-state index is 14.5. The number of halogens is 4. The van der Waals surface area contributed by atoms with E-state index in [1.165, 1.54) is 57.3 Å². The zero-order valence-electron chi connectivity index (χ0n) is 67.9. The van der Waals surface area contributed by atoms with Crippen LogP contribution in [0.1, 0.15) is 50.8 Å². The molecule has 0 spiro atoms. The predicted octanol–water partition coefficient (Wildman–Crippen LogP) is 12.4. The average molecular weight is 1630 g/mol. The number of oxazole rings is 4. The van der Waals surface area contributed by atoms with Crippen molar-refractivity contribution in [3.63, 3.8) is 0 Å². The molecule has 4 fully saturated rings. The van der Waals surface area contributed by atoms with Crippen molar-refractivity contribution in [1.29, 1.82) is 0 Å². The highest BCUT2D eigenvalue weighted by molar-refractivity contribution is 5.84. The van der Waals surface area contributed by atoms with Gasteiger partial charge in [-0.05, 0) is 138 Å². The van der Waals surface area contributed by atoms with Gasteiger partial charge in [-0.2, -0.15) is 0 Å². The fraction of sp³-hybridized carbons (Fsp3) is 0.318. The van der Waals surface area contributed by atoms with Gasteiger partial charge in [-0.3, -0.25) is 41.7 Å². The Morgan fingerprint density at radius 2 is 0.633 bits per heavy atom. The SMILES string of the molecule is CCCN1CCN(c2ccc3nc(-c4cc(F)c5nc(C)oc5c4)cc(=O)n3c2)CC1.CCN1CCN(c2ccc3nc(-c4cc(F)c5nc(C)oc5c4)cc(=O)n3c2)CC1.Cc1nc2c(F)cc(-c3cc(=O)n4cc(N5CCN(C)CC5)ccc4n3)cc2o1.Cc1nc2c(F)cc(-c3cc(=O)n4cc(N5CCN(C)[C@@H](C)C5)ccc4n3)cc2o1. The molecule has 4 aliphatic rings. The van der Waals surface area contributed by atoms with Crippen LogP contribution in [0.25, 0.3) is 112 Å². The number of pyridine rings is 4. The van der Waals surface area contributed by atoms with Gasteiger partial charge >= 0.3 is 0 Å². The lowest BCUT2D eigenvalue weighted by Crippen LogP contribution is -2.50. The first-order chi connectivity index (χ1) is 57.9. The first kappa shape index (κ1) is 79.4. The Balaban J connectivity index is 0.000000114. The van der Waals surface area contributed by atoms with Crippen molar-refractivity contribution < 1.29 is 35.2 Å². The molecule has 12 aromatic heterocycles. The molecule has 16 aromatic rings. The van der Waals surface area contributed by atoms with Gasteiger partial charge in [0.15, 0.2) is 69.2 Å². The van der Waals surface area contributed by atoms with Crippen molar-refractivity contribution in [1.82, 2.24) is 77.1 Å². The summed E-state index contributed by atoms with van der Waals surface area (Å²) < 4.78 is 85.7. The third kappa shape index (κ3) is 16.4. The van der Waals surface area contributed by atoms with Crippen molar-refractivity contribution in [2.24, 2.45) is 0 Å². The molecule has 28 nitrogen and oxygen atoms in total. The van der Waals surface area contributed by atoms with Crippen LogP contribution in [-0.4, -0.2) is 208 Å². The van der Waals surface area contributed by atoms with Crippen LogP contribution in [-0.2, 0) is 0 Å². The highest BCUT2D eigenvalue weighted by Gasteiger charge is 2.26. The molecule has 4 saturated heterocycles. The number of rotatable bonds is 11. The molecular formula is C88H88F4N20O8. The molecule has 20 rings (SSSR count). The standard InChI is InChI=1S/C23H24FN5O2.2C22H22FN5O2.C21H20FN5O2/c1-3-6-27-7-9-28(10-8-27)17-4-5-21-26-19(13-22(30)29(21)14-17)16-11-18(24)23-20(12-16)31-15(2)25-23;1-13-11-27(7-6-26(13)3)16-4-5-20-25-18(10-21(29)28(20)12-16)15-8-17(23)22-19(9-15)30-14(2)24-22;1-3-26-6-8-27(9-7-26)16-4-5-20-25-18(12-21(29)28(20)13-16)15-10-17(23)22-19(11-15)30-14(2)24-22;1-13-23-21-16(22)9-14(10-18(21)29-13)17-11-20(28)27-12-15(3-4-19(27)24-17)26-7-5-25(2)6-8-26/h4-5,11-14H,3,6-10H2,1-2H3;4-5,8-10,12-13H,6-7,11H2,1-3H3;4-5,10-13H,3,6-9H2,1-2H3;3-4,9-12H,5-8H2,1-2H3/t;13-;;/m.0../s1. The van der Waals surface area contributed by atoms with E-state index in [4.69, 9.17) is 17.7 Å². The third-order valence-corrected chi connectivity index (χ3v) is 22.6. The molecule has 4 aliphatic heterocycles. The summed E-state index contributed by atoms with van der Waals surface area (Å²) >= 11 is 0. The van der Waals surface area contributed by atoms with Crippen LogP contribution >= 0.6 is 0 Å². The summed E-state index contributed by atoms with van der Waals surface area (Å²) in [7, 11) is 4.23. The Hall–Kier alpha value is -13.0. The Bertz CT molecular complexity index is 6870. The average Bonchev–Trinajstić information content (AvgIpc) is 1.78. The molecule has 0 radical (unpaired) electrons. The molecule has 0 aliphatic carbocycles. The smallest absolute Gasteiger partial charge is 0.258 e. The van der Waals surface area contributed by atoms with Crippen LogP contribution in [0.15, 0.2) is 183 Å². The zero-order chi connectivity index (χ0) is 83.5. The summed E-state index contributed by atoms with van der Waals surface area (Å²) in [6.45, 7) is 29.8. The quantitative estimate of drug-likeness (QED) is 0.109. The van der Waals surface area contributed by atoms with Gasteiger partial charge in [0, 0.05) is 203 Å². The number of aromatic nitrogens is 12. The molecule has 32 heteroatoms. The minimum absolute atomic E-state index is 0.180. The molecule has 0 N–H and O–H groups in total. The van der Waals surface area contributed by atoms with E-state index in [9.17, 15) is 36.7 Å². The molecule has 4 aromatic carbocycles. The first-order valence-corrected chi connectivity index (χ1v) is 40.2. The summed E-state index contributed by atoms with van der Waals surface area (Å²) in [5.41, 5.74) is 10.8. The molecule has 1 atom stereocenters. The molecule has 0 amide bonds. The summed E-state index contributed by atoms with van der Waals surface area (Å²) in [6, 6.07) is 33.4. The van der Waals surface area contributed by atoms with Gasteiger partial charge in [0.1, 0.15) is 44.7 Å². The Morgan fingerprint density at radius 1 is 0.350 bits per heavy atom. The molecular weight excluding hydrogens is 1540 g/mol. The largest absolute Gasteiger partial charge is 0.441 e. The van der Waals surface area contributed by atoms with Gasteiger partial charge < -0.3 is 52.0 Å². The number of aryl methyl sites for hydroxylation is 4. The molecule has 120 heavy (non-hydrogen) atoms. The Labute approximate surface area is 684 Å². The molecule has 16 heterocycles. The maximum Gasteiger partial charge on any atom is 0.258 e. The molecule has 0 bridgehead atoms. The second kappa shape index (κ2) is 33.0. The van der Waals surface area contributed by atoms with Gasteiger partial charge in [-0.25, -0.2) is 57.4 Å². The second-order valence-electron chi connectivity index (χ2n) is 30.8. The third-order valence-electron chi connectivity index (χ3n) is 22.6. The number of nitrogens with zero attached hydrogens (tertiary/aromatic N) is 20. The summed E-state index contributed by atoms with van der Waals surface area (Å²) in [4.78, 5) is 104.